The van der Waals surface area contributed by atoms with Crippen LogP contribution in [0.1, 0.15) is 63.2 Å². The van der Waals surface area contributed by atoms with Crippen molar-refractivity contribution in [2.24, 2.45) is 0 Å². The summed E-state index contributed by atoms with van der Waals surface area (Å²) in [5, 5.41) is 25.7. The number of non-ortho nitro benzene ring substituents is 1. The minimum absolute atomic E-state index is 0.0701. The quantitative estimate of drug-likeness (QED) is 0.0703. The smallest absolute Gasteiger partial charge is 0.341 e. The third-order valence-electron chi connectivity index (χ3n) is 7.02. The largest absolute Gasteiger partial charge is 0.462 e. The summed E-state index contributed by atoms with van der Waals surface area (Å²) >= 11 is 2.50. The van der Waals surface area contributed by atoms with E-state index in [4.69, 9.17) is 4.74 Å². The molecule has 4 aromatic rings. The second-order valence-corrected chi connectivity index (χ2v) is 12.1. The summed E-state index contributed by atoms with van der Waals surface area (Å²) in [5.74, 6) is -1.50. The number of carbonyl (C=O) groups excluding carboxylic acids is 3. The molecule has 1 aliphatic carbocycles. The predicted octanol–water partition coefficient (Wildman–Crippen LogP) is 5.48. The van der Waals surface area contributed by atoms with Crippen LogP contribution in [0, 0.1) is 15.9 Å². The molecule has 0 aliphatic heterocycles. The number of fused-ring (bicyclic) bond motifs is 1. The highest BCUT2D eigenvalue weighted by molar-refractivity contribution is 7.99. The zero-order chi connectivity index (χ0) is 31.9. The fourth-order valence-corrected chi connectivity index (χ4v) is 6.96. The summed E-state index contributed by atoms with van der Waals surface area (Å²) in [6.07, 6.45) is 4.68. The molecule has 2 heterocycles. The van der Waals surface area contributed by atoms with Gasteiger partial charge in [-0.2, -0.15) is 0 Å². The van der Waals surface area contributed by atoms with Gasteiger partial charge in [0.2, 0.25) is 5.91 Å². The standard InChI is InChI=1S/C30H29FN6O6S2/c1-2-43-29(40)26-22-6-4-3-5-7-23(22)45-28(26)33-25(38)17-44-30-35-34-24(36(30)20-14-10-19(31)11-15-20)16-32-27(39)18-8-12-21(13-9-18)37(41)42/h8-15H,2-7,16-17H2,1H3,(H,32,39)(H,33,38). The van der Waals surface area contributed by atoms with E-state index < -0.39 is 22.6 Å². The van der Waals surface area contributed by atoms with Gasteiger partial charge < -0.3 is 15.4 Å². The molecule has 2 N–H and O–H groups in total. The number of nitrogens with zero attached hydrogens (tertiary/aromatic N) is 4. The Morgan fingerprint density at radius 1 is 1.07 bits per heavy atom. The number of benzene rings is 2. The third-order valence-corrected chi connectivity index (χ3v) is 9.15. The van der Waals surface area contributed by atoms with Crippen molar-refractivity contribution in [2.45, 2.75) is 50.7 Å². The Kier molecular flexibility index (Phi) is 10.2. The first kappa shape index (κ1) is 31.8. The molecule has 2 amide bonds. The number of ether oxygens (including phenoxy) is 1. The number of anilines is 1. The Morgan fingerprint density at radius 2 is 1.80 bits per heavy atom. The van der Waals surface area contributed by atoms with Crippen LogP contribution in [-0.2, 0) is 28.9 Å². The number of carbonyl (C=O) groups is 3. The highest BCUT2D eigenvalue weighted by atomic mass is 32.2. The van der Waals surface area contributed by atoms with E-state index >= 15 is 0 Å². The van der Waals surface area contributed by atoms with Crippen molar-refractivity contribution in [3.05, 3.63) is 91.9 Å². The number of thiophene rings is 1. The highest BCUT2D eigenvalue weighted by Crippen LogP contribution is 2.38. The topological polar surface area (TPSA) is 158 Å². The summed E-state index contributed by atoms with van der Waals surface area (Å²) < 4.78 is 20.6. The molecule has 15 heteroatoms. The van der Waals surface area contributed by atoms with Crippen molar-refractivity contribution < 1.29 is 28.4 Å². The van der Waals surface area contributed by atoms with Gasteiger partial charge in [-0.15, -0.1) is 21.5 Å². The SMILES string of the molecule is CCOC(=O)c1c(NC(=O)CSc2nnc(CNC(=O)c3ccc([N+](=O)[O-])cc3)n2-c2ccc(F)cc2)sc2c1CCCCC2. The van der Waals surface area contributed by atoms with Gasteiger partial charge >= 0.3 is 5.97 Å². The molecule has 0 unspecified atom stereocenters. The number of hydrogen-bond acceptors (Lipinski definition) is 10. The van der Waals surface area contributed by atoms with Crippen molar-refractivity contribution in [3.8, 4) is 5.69 Å². The van der Waals surface area contributed by atoms with Gasteiger partial charge in [0.1, 0.15) is 10.8 Å². The van der Waals surface area contributed by atoms with Crippen LogP contribution in [0.5, 0.6) is 0 Å². The van der Waals surface area contributed by atoms with Gasteiger partial charge in [-0.25, -0.2) is 9.18 Å². The van der Waals surface area contributed by atoms with E-state index in [9.17, 15) is 28.9 Å². The van der Waals surface area contributed by atoms with Gasteiger partial charge in [0, 0.05) is 28.3 Å². The molecule has 5 rings (SSSR count). The lowest BCUT2D eigenvalue weighted by Crippen LogP contribution is -2.24. The second kappa shape index (κ2) is 14.4. The minimum Gasteiger partial charge on any atom is -0.462 e. The fourth-order valence-electron chi connectivity index (χ4n) is 4.90. The molecule has 0 fully saturated rings. The van der Waals surface area contributed by atoms with Gasteiger partial charge in [0.15, 0.2) is 11.0 Å². The molecule has 234 valence electrons. The van der Waals surface area contributed by atoms with Crippen LogP contribution >= 0.6 is 23.1 Å². The maximum atomic E-state index is 13.7. The Hall–Kier alpha value is -4.63. The molecule has 2 aromatic heterocycles. The highest BCUT2D eigenvalue weighted by Gasteiger charge is 2.27. The maximum Gasteiger partial charge on any atom is 0.341 e. The number of hydrogen-bond donors (Lipinski definition) is 2. The molecule has 1 aliphatic rings. The van der Waals surface area contributed by atoms with Crippen LogP contribution in [-0.4, -0.2) is 49.8 Å². The number of nitro benzene ring substituents is 1. The lowest BCUT2D eigenvalue weighted by molar-refractivity contribution is -0.384. The number of aryl methyl sites for hydroxylation is 1. The van der Waals surface area contributed by atoms with E-state index in [-0.39, 0.29) is 36.1 Å². The number of thioether (sulfide) groups is 1. The number of esters is 1. The Morgan fingerprint density at radius 3 is 2.51 bits per heavy atom. The number of aromatic nitrogens is 3. The predicted molar refractivity (Wildman–Crippen MR) is 166 cm³/mol. The first-order chi connectivity index (χ1) is 21.7. The van der Waals surface area contributed by atoms with Gasteiger partial charge in [-0.3, -0.25) is 24.3 Å². The minimum atomic E-state index is -0.555. The van der Waals surface area contributed by atoms with Gasteiger partial charge in [-0.1, -0.05) is 18.2 Å². The number of amides is 2. The lowest BCUT2D eigenvalue weighted by Gasteiger charge is -2.11. The molecule has 0 spiro atoms. The van der Waals surface area contributed by atoms with E-state index in [0.717, 1.165) is 54.3 Å². The molecule has 0 saturated carbocycles. The molecule has 0 saturated heterocycles. The third kappa shape index (κ3) is 7.54. The van der Waals surface area contributed by atoms with Crippen LogP contribution in [0.3, 0.4) is 0 Å². The summed E-state index contributed by atoms with van der Waals surface area (Å²) in [6.45, 7) is 1.89. The van der Waals surface area contributed by atoms with Crippen molar-refractivity contribution in [1.82, 2.24) is 20.1 Å². The van der Waals surface area contributed by atoms with Crippen LogP contribution in [0.4, 0.5) is 15.1 Å². The number of halogens is 1. The summed E-state index contributed by atoms with van der Waals surface area (Å²) in [6, 6.07) is 10.7. The zero-order valence-corrected chi connectivity index (χ0v) is 25.8. The fraction of sp³-hybridized carbons (Fsp3) is 0.300. The summed E-state index contributed by atoms with van der Waals surface area (Å²) in [7, 11) is 0. The normalized spacial score (nSPS) is 12.6. The molecule has 0 atom stereocenters. The lowest BCUT2D eigenvalue weighted by atomic mass is 10.1. The Bertz CT molecular complexity index is 1720. The molecule has 0 radical (unpaired) electrons. The van der Waals surface area contributed by atoms with Crippen LogP contribution in [0.2, 0.25) is 0 Å². The zero-order valence-electron chi connectivity index (χ0n) is 24.2. The van der Waals surface area contributed by atoms with E-state index in [2.05, 4.69) is 20.8 Å². The van der Waals surface area contributed by atoms with Crippen molar-refractivity contribution in [3.63, 3.8) is 0 Å². The van der Waals surface area contributed by atoms with Crippen LogP contribution < -0.4 is 10.6 Å². The van der Waals surface area contributed by atoms with Crippen molar-refractivity contribution in [1.29, 1.82) is 0 Å². The summed E-state index contributed by atoms with van der Waals surface area (Å²) in [4.78, 5) is 50.2. The first-order valence-corrected chi connectivity index (χ1v) is 16.0. The van der Waals surface area contributed by atoms with E-state index in [1.165, 1.54) is 59.9 Å². The second-order valence-electron chi connectivity index (χ2n) is 10.0. The number of nitro groups is 1. The van der Waals surface area contributed by atoms with Crippen molar-refractivity contribution >= 4 is 51.6 Å². The van der Waals surface area contributed by atoms with E-state index in [1.54, 1.807) is 11.5 Å². The molecule has 2 aromatic carbocycles. The van der Waals surface area contributed by atoms with E-state index in [0.29, 0.717) is 27.2 Å². The van der Waals surface area contributed by atoms with Gasteiger partial charge in [0.25, 0.3) is 11.6 Å². The average molecular weight is 653 g/mol. The average Bonchev–Trinajstić information content (AvgIpc) is 3.51. The molecule has 45 heavy (non-hydrogen) atoms. The molecular weight excluding hydrogens is 623 g/mol. The monoisotopic (exact) mass is 652 g/mol. The van der Waals surface area contributed by atoms with Crippen LogP contribution in [0.15, 0.2) is 53.7 Å². The van der Waals surface area contributed by atoms with Gasteiger partial charge in [-0.05, 0) is 74.6 Å². The Labute approximate surface area is 265 Å². The van der Waals surface area contributed by atoms with Crippen LogP contribution in [0.25, 0.3) is 5.69 Å². The number of nitrogens with one attached hydrogen (secondary N) is 2. The first-order valence-electron chi connectivity index (χ1n) is 14.2. The van der Waals surface area contributed by atoms with Crippen molar-refractivity contribution in [2.75, 3.05) is 17.7 Å². The molecule has 12 nitrogen and oxygen atoms in total. The maximum absolute atomic E-state index is 13.7. The van der Waals surface area contributed by atoms with E-state index in [1.807, 2.05) is 0 Å². The van der Waals surface area contributed by atoms with Gasteiger partial charge in [0.05, 0.1) is 29.4 Å². The number of rotatable bonds is 11. The molecular formula is C30H29FN6O6S2. The Balaban J connectivity index is 1.32. The molecule has 0 bridgehead atoms. The summed E-state index contributed by atoms with van der Waals surface area (Å²) in [5.41, 5.74) is 1.97.